The number of carbonyl (C=O) groups is 2. The largest absolute Gasteiger partial charge is 0.491 e. The van der Waals surface area contributed by atoms with Crippen LogP contribution in [0, 0.1) is 6.92 Å². The maximum Gasteiger partial charge on any atom is 0.267 e. The van der Waals surface area contributed by atoms with Gasteiger partial charge in [0.15, 0.2) is 0 Å². The van der Waals surface area contributed by atoms with Crippen LogP contribution in [0.1, 0.15) is 46.6 Å². The van der Waals surface area contributed by atoms with Gasteiger partial charge in [-0.1, -0.05) is 35.9 Å². The molecule has 2 amide bonds. The van der Waals surface area contributed by atoms with E-state index in [1.165, 1.54) is 16.9 Å². The van der Waals surface area contributed by atoms with Crippen molar-refractivity contribution in [2.75, 3.05) is 6.54 Å². The first-order valence-corrected chi connectivity index (χ1v) is 12.0. The van der Waals surface area contributed by atoms with Crippen LogP contribution in [0.5, 0.6) is 5.75 Å². The van der Waals surface area contributed by atoms with E-state index in [-0.39, 0.29) is 23.6 Å². The average Bonchev–Trinajstić information content (AvgIpc) is 3.30. The number of hydrogen-bond donors (Lipinski definition) is 2. The number of rotatable bonds is 10. The van der Waals surface area contributed by atoms with E-state index in [9.17, 15) is 9.59 Å². The Morgan fingerprint density at radius 3 is 2.52 bits per heavy atom. The minimum Gasteiger partial charge on any atom is -0.491 e. The monoisotopic (exact) mass is 462 g/mol. The van der Waals surface area contributed by atoms with Crippen LogP contribution in [0.3, 0.4) is 0 Å². The van der Waals surface area contributed by atoms with Crippen molar-refractivity contribution in [1.82, 2.24) is 10.6 Å². The Hall–Kier alpha value is -3.38. The molecule has 6 heteroatoms. The molecule has 0 aliphatic heterocycles. The number of amides is 2. The van der Waals surface area contributed by atoms with Crippen molar-refractivity contribution in [1.29, 1.82) is 0 Å². The molecule has 33 heavy (non-hydrogen) atoms. The van der Waals surface area contributed by atoms with Crippen LogP contribution in [0.4, 0.5) is 0 Å². The van der Waals surface area contributed by atoms with Crippen LogP contribution < -0.4 is 15.4 Å². The molecule has 172 valence electrons. The number of carbonyl (C=O) groups excluding carboxylic acids is 2. The molecule has 0 saturated heterocycles. The highest BCUT2D eigenvalue weighted by Gasteiger charge is 2.15. The summed E-state index contributed by atoms with van der Waals surface area (Å²) in [6, 6.07) is 19.1. The fourth-order valence-electron chi connectivity index (χ4n) is 3.25. The van der Waals surface area contributed by atoms with Gasteiger partial charge in [-0.15, -0.1) is 11.3 Å². The molecule has 0 unspecified atom stereocenters. The third-order valence-corrected chi connectivity index (χ3v) is 5.65. The second-order valence-corrected chi connectivity index (χ2v) is 9.05. The van der Waals surface area contributed by atoms with Crippen LogP contribution in [0.15, 0.2) is 71.7 Å². The van der Waals surface area contributed by atoms with Crippen LogP contribution in [-0.4, -0.2) is 24.5 Å². The van der Waals surface area contributed by atoms with Crippen molar-refractivity contribution in [3.63, 3.8) is 0 Å². The molecule has 1 heterocycles. The minimum absolute atomic E-state index is 0.147. The molecule has 0 radical (unpaired) electrons. The molecule has 0 bridgehead atoms. The van der Waals surface area contributed by atoms with Gasteiger partial charge in [-0.25, -0.2) is 0 Å². The first-order chi connectivity index (χ1) is 15.9. The molecule has 1 aromatic heterocycles. The summed E-state index contributed by atoms with van der Waals surface area (Å²) in [5, 5.41) is 7.64. The minimum atomic E-state index is -0.305. The molecule has 0 spiro atoms. The van der Waals surface area contributed by atoms with Gasteiger partial charge in [-0.3, -0.25) is 9.59 Å². The van der Waals surface area contributed by atoms with Crippen molar-refractivity contribution >= 4 is 29.2 Å². The normalized spacial score (nSPS) is 11.3. The van der Waals surface area contributed by atoms with E-state index in [1.807, 2.05) is 74.7 Å². The lowest BCUT2D eigenvalue weighted by Crippen LogP contribution is -2.35. The van der Waals surface area contributed by atoms with Crippen LogP contribution in [0.2, 0.25) is 0 Å². The number of thiophene rings is 1. The zero-order chi connectivity index (χ0) is 23.6. The van der Waals surface area contributed by atoms with Gasteiger partial charge in [0.05, 0.1) is 6.10 Å². The van der Waals surface area contributed by atoms with Gasteiger partial charge in [0.1, 0.15) is 11.4 Å². The zero-order valence-corrected chi connectivity index (χ0v) is 20.1. The lowest BCUT2D eigenvalue weighted by atomic mass is 10.1. The summed E-state index contributed by atoms with van der Waals surface area (Å²) in [5.74, 6) is 0.250. The molecule has 0 aliphatic carbocycles. The van der Waals surface area contributed by atoms with E-state index in [2.05, 4.69) is 10.6 Å². The molecule has 2 aromatic carbocycles. The highest BCUT2D eigenvalue weighted by Crippen LogP contribution is 2.15. The van der Waals surface area contributed by atoms with Crippen LogP contribution in [0.25, 0.3) is 6.08 Å². The molecule has 0 atom stereocenters. The Morgan fingerprint density at radius 2 is 1.85 bits per heavy atom. The van der Waals surface area contributed by atoms with Crippen molar-refractivity contribution in [3.05, 3.63) is 93.3 Å². The quantitative estimate of drug-likeness (QED) is 0.315. The zero-order valence-electron chi connectivity index (χ0n) is 19.3. The highest BCUT2D eigenvalue weighted by atomic mass is 32.1. The van der Waals surface area contributed by atoms with E-state index in [1.54, 1.807) is 18.2 Å². The lowest BCUT2D eigenvalue weighted by molar-refractivity contribution is -0.117. The second-order valence-electron chi connectivity index (χ2n) is 8.07. The van der Waals surface area contributed by atoms with Crippen molar-refractivity contribution in [2.24, 2.45) is 0 Å². The number of nitrogens with one attached hydrogen (secondary N) is 2. The fraction of sp³-hybridized carbons (Fsp3) is 0.259. The Labute approximate surface area is 199 Å². The summed E-state index contributed by atoms with van der Waals surface area (Å²) in [4.78, 5) is 26.5. The first kappa shape index (κ1) is 24.3. The van der Waals surface area contributed by atoms with Gasteiger partial charge in [0.25, 0.3) is 11.8 Å². The number of ether oxygens (including phenoxy) is 1. The first-order valence-electron chi connectivity index (χ1n) is 11.1. The van der Waals surface area contributed by atoms with Gasteiger partial charge < -0.3 is 15.4 Å². The van der Waals surface area contributed by atoms with Gasteiger partial charge >= 0.3 is 0 Å². The van der Waals surface area contributed by atoms with Gasteiger partial charge in [-0.2, -0.15) is 0 Å². The predicted molar refractivity (Wildman–Crippen MR) is 134 cm³/mol. The molecular formula is C27H30N2O3S. The van der Waals surface area contributed by atoms with E-state index in [4.69, 9.17) is 4.74 Å². The van der Waals surface area contributed by atoms with Gasteiger partial charge in [0, 0.05) is 17.0 Å². The van der Waals surface area contributed by atoms with Crippen LogP contribution >= 0.6 is 11.3 Å². The molecule has 0 saturated carbocycles. The molecular weight excluding hydrogens is 432 g/mol. The standard InChI is InChI=1S/C27H30N2O3S/c1-19(2)32-23-13-11-21(12-14-23)8-5-15-28-27(31)25(18-24-10-6-16-33-24)29-26(30)22-9-4-7-20(3)17-22/h4,6-7,9-14,16-19H,5,8,15H2,1-3H3,(H,28,31)(H,29,30)/b25-18-. The average molecular weight is 463 g/mol. The van der Waals surface area contributed by atoms with Crippen molar-refractivity contribution in [3.8, 4) is 5.75 Å². The molecule has 3 rings (SSSR count). The smallest absolute Gasteiger partial charge is 0.267 e. The molecule has 5 nitrogen and oxygen atoms in total. The predicted octanol–water partition coefficient (Wildman–Crippen LogP) is 5.36. The van der Waals surface area contributed by atoms with Gasteiger partial charge in [0.2, 0.25) is 0 Å². The second kappa shape index (κ2) is 12.0. The summed E-state index contributed by atoms with van der Waals surface area (Å²) in [5.41, 5.74) is 2.92. The summed E-state index contributed by atoms with van der Waals surface area (Å²) in [6.45, 7) is 6.43. The van der Waals surface area contributed by atoms with E-state index in [0.29, 0.717) is 12.1 Å². The maximum absolute atomic E-state index is 12.9. The maximum atomic E-state index is 12.9. The summed E-state index contributed by atoms with van der Waals surface area (Å²) in [7, 11) is 0. The third-order valence-electron chi connectivity index (χ3n) is 4.83. The Balaban J connectivity index is 1.57. The SMILES string of the molecule is Cc1cccc(C(=O)N/C(=C\c2cccs2)C(=O)NCCCc2ccc(OC(C)C)cc2)c1. The lowest BCUT2D eigenvalue weighted by Gasteiger charge is -2.12. The van der Waals surface area contributed by atoms with E-state index >= 15 is 0 Å². The third kappa shape index (κ3) is 7.91. The Kier molecular flexibility index (Phi) is 8.84. The topological polar surface area (TPSA) is 67.4 Å². The van der Waals surface area contributed by atoms with E-state index < -0.39 is 0 Å². The van der Waals surface area contributed by atoms with Crippen molar-refractivity contribution < 1.29 is 14.3 Å². The van der Waals surface area contributed by atoms with Crippen molar-refractivity contribution in [2.45, 2.75) is 39.7 Å². The van der Waals surface area contributed by atoms with E-state index in [0.717, 1.165) is 29.0 Å². The highest BCUT2D eigenvalue weighted by molar-refractivity contribution is 7.10. The summed E-state index contributed by atoms with van der Waals surface area (Å²) < 4.78 is 5.67. The number of aryl methyl sites for hydroxylation is 2. The molecule has 0 fully saturated rings. The number of hydrogen-bond acceptors (Lipinski definition) is 4. The Morgan fingerprint density at radius 1 is 1.06 bits per heavy atom. The Bertz CT molecular complexity index is 1090. The summed E-state index contributed by atoms with van der Waals surface area (Å²) >= 11 is 1.51. The van der Waals surface area contributed by atoms with Crippen LogP contribution in [-0.2, 0) is 11.2 Å². The summed E-state index contributed by atoms with van der Waals surface area (Å²) in [6.07, 6.45) is 3.48. The molecule has 0 aliphatic rings. The molecule has 3 aromatic rings. The number of benzene rings is 2. The molecule has 2 N–H and O–H groups in total. The fourth-order valence-corrected chi connectivity index (χ4v) is 3.91. The van der Waals surface area contributed by atoms with Gasteiger partial charge in [-0.05, 0) is 81.0 Å².